The molecule has 0 aliphatic carbocycles. The van der Waals surface area contributed by atoms with Crippen LogP contribution < -0.4 is 10.1 Å². The highest BCUT2D eigenvalue weighted by atomic mass is 19.1. The fourth-order valence-electron chi connectivity index (χ4n) is 0.705. The second-order valence-electron chi connectivity index (χ2n) is 2.27. The zero-order valence-electron chi connectivity index (χ0n) is 6.88. The Morgan fingerprint density at radius 2 is 2.42 bits per heavy atom. The molecule has 0 radical (unpaired) electrons. The molecule has 0 saturated carbocycles. The quantitative estimate of drug-likeness (QED) is 0.679. The van der Waals surface area contributed by atoms with Gasteiger partial charge in [-0.2, -0.15) is 0 Å². The SMILES string of the molecule is CNCCOc1ccc(F)cn1. The van der Waals surface area contributed by atoms with Crippen LogP contribution in [0.15, 0.2) is 18.3 Å². The van der Waals surface area contributed by atoms with Crippen LogP contribution >= 0.6 is 0 Å². The van der Waals surface area contributed by atoms with Crippen LogP contribution in [-0.2, 0) is 0 Å². The Kier molecular flexibility index (Phi) is 3.47. The molecule has 0 aromatic carbocycles. The minimum Gasteiger partial charge on any atom is -0.476 e. The molecule has 0 saturated heterocycles. The third-order valence-corrected chi connectivity index (χ3v) is 1.30. The van der Waals surface area contributed by atoms with Crippen molar-refractivity contribution in [3.8, 4) is 5.88 Å². The average molecular weight is 170 g/mol. The zero-order valence-corrected chi connectivity index (χ0v) is 6.88. The van der Waals surface area contributed by atoms with Crippen LogP contribution in [0.4, 0.5) is 4.39 Å². The second-order valence-corrected chi connectivity index (χ2v) is 2.27. The highest BCUT2D eigenvalue weighted by molar-refractivity contribution is 5.10. The van der Waals surface area contributed by atoms with Crippen molar-refractivity contribution < 1.29 is 9.13 Å². The summed E-state index contributed by atoms with van der Waals surface area (Å²) in [4.78, 5) is 3.73. The summed E-state index contributed by atoms with van der Waals surface area (Å²) in [6.07, 6.45) is 1.13. The molecule has 1 aromatic rings. The number of pyridine rings is 1. The van der Waals surface area contributed by atoms with Gasteiger partial charge in [-0.3, -0.25) is 0 Å². The lowest BCUT2D eigenvalue weighted by Crippen LogP contribution is -2.16. The van der Waals surface area contributed by atoms with Gasteiger partial charge in [-0.05, 0) is 13.1 Å². The number of nitrogens with one attached hydrogen (secondary N) is 1. The Morgan fingerprint density at radius 3 is 3.00 bits per heavy atom. The number of rotatable bonds is 4. The van der Waals surface area contributed by atoms with Gasteiger partial charge in [0.2, 0.25) is 5.88 Å². The standard InChI is InChI=1S/C8H11FN2O/c1-10-4-5-12-8-3-2-7(9)6-11-8/h2-3,6,10H,4-5H2,1H3. The molecule has 0 amide bonds. The third-order valence-electron chi connectivity index (χ3n) is 1.30. The first kappa shape index (κ1) is 8.93. The molecule has 1 heterocycles. The predicted octanol–water partition coefficient (Wildman–Crippen LogP) is 0.819. The normalized spacial score (nSPS) is 9.83. The fraction of sp³-hybridized carbons (Fsp3) is 0.375. The van der Waals surface area contributed by atoms with E-state index < -0.39 is 0 Å². The van der Waals surface area contributed by atoms with Crippen molar-refractivity contribution in [1.29, 1.82) is 0 Å². The molecule has 0 bridgehead atoms. The van der Waals surface area contributed by atoms with Gasteiger partial charge in [-0.1, -0.05) is 0 Å². The Bertz CT molecular complexity index is 225. The van der Waals surface area contributed by atoms with Crippen molar-refractivity contribution in [1.82, 2.24) is 10.3 Å². The van der Waals surface area contributed by atoms with E-state index in [1.807, 2.05) is 7.05 Å². The lowest BCUT2D eigenvalue weighted by atomic mass is 10.5. The zero-order chi connectivity index (χ0) is 8.81. The van der Waals surface area contributed by atoms with Gasteiger partial charge < -0.3 is 10.1 Å². The van der Waals surface area contributed by atoms with Gasteiger partial charge in [0.25, 0.3) is 0 Å². The molecule has 12 heavy (non-hydrogen) atoms. The average Bonchev–Trinajstić information content (AvgIpc) is 2.09. The van der Waals surface area contributed by atoms with Crippen LogP contribution in [0.25, 0.3) is 0 Å². The van der Waals surface area contributed by atoms with Gasteiger partial charge >= 0.3 is 0 Å². The Labute approximate surface area is 70.6 Å². The number of ether oxygens (including phenoxy) is 1. The summed E-state index contributed by atoms with van der Waals surface area (Å²) < 4.78 is 17.5. The first-order valence-corrected chi connectivity index (χ1v) is 3.72. The highest BCUT2D eigenvalue weighted by Gasteiger charge is 1.94. The molecule has 3 nitrogen and oxygen atoms in total. The molecule has 0 unspecified atom stereocenters. The van der Waals surface area contributed by atoms with Crippen LogP contribution in [0.2, 0.25) is 0 Å². The summed E-state index contributed by atoms with van der Waals surface area (Å²) in [5.74, 6) is 0.0996. The maximum absolute atomic E-state index is 12.3. The molecular formula is C8H11FN2O. The van der Waals surface area contributed by atoms with Crippen LogP contribution in [-0.4, -0.2) is 25.2 Å². The van der Waals surface area contributed by atoms with Gasteiger partial charge in [0.1, 0.15) is 12.4 Å². The topological polar surface area (TPSA) is 34.1 Å². The molecule has 0 fully saturated rings. The molecule has 1 N–H and O–H groups in total. The van der Waals surface area contributed by atoms with Crippen molar-refractivity contribution in [3.63, 3.8) is 0 Å². The van der Waals surface area contributed by atoms with Crippen molar-refractivity contribution in [2.24, 2.45) is 0 Å². The second kappa shape index (κ2) is 4.66. The summed E-state index contributed by atoms with van der Waals surface area (Å²) in [6, 6.07) is 2.83. The van der Waals surface area contributed by atoms with E-state index >= 15 is 0 Å². The molecule has 0 aliphatic heterocycles. The molecule has 66 valence electrons. The van der Waals surface area contributed by atoms with Gasteiger partial charge in [0.05, 0.1) is 6.20 Å². The molecule has 0 spiro atoms. The summed E-state index contributed by atoms with van der Waals surface area (Å²) >= 11 is 0. The van der Waals surface area contributed by atoms with Crippen LogP contribution in [0, 0.1) is 5.82 Å². The van der Waals surface area contributed by atoms with E-state index in [1.165, 1.54) is 12.1 Å². The maximum Gasteiger partial charge on any atom is 0.213 e. The van der Waals surface area contributed by atoms with E-state index in [2.05, 4.69) is 10.3 Å². The first-order chi connectivity index (χ1) is 5.83. The molecule has 1 aromatic heterocycles. The number of aromatic nitrogens is 1. The van der Waals surface area contributed by atoms with E-state index in [0.29, 0.717) is 12.5 Å². The largest absolute Gasteiger partial charge is 0.476 e. The Hall–Kier alpha value is -1.16. The molecule has 4 heteroatoms. The van der Waals surface area contributed by atoms with E-state index in [1.54, 1.807) is 0 Å². The van der Waals surface area contributed by atoms with Gasteiger partial charge in [-0.25, -0.2) is 9.37 Å². The van der Waals surface area contributed by atoms with E-state index in [9.17, 15) is 4.39 Å². The van der Waals surface area contributed by atoms with Gasteiger partial charge in [0, 0.05) is 12.6 Å². The monoisotopic (exact) mass is 170 g/mol. The number of nitrogens with zero attached hydrogens (tertiary/aromatic N) is 1. The van der Waals surface area contributed by atoms with Gasteiger partial charge in [0.15, 0.2) is 0 Å². The highest BCUT2D eigenvalue weighted by Crippen LogP contribution is 2.05. The lowest BCUT2D eigenvalue weighted by Gasteiger charge is -2.03. The maximum atomic E-state index is 12.3. The molecule has 0 aliphatic rings. The summed E-state index contributed by atoms with van der Waals surface area (Å²) in [5.41, 5.74) is 0. The first-order valence-electron chi connectivity index (χ1n) is 3.72. The number of hydrogen-bond donors (Lipinski definition) is 1. The number of likely N-dealkylation sites (N-methyl/N-ethyl adjacent to an activating group) is 1. The fourth-order valence-corrected chi connectivity index (χ4v) is 0.705. The van der Waals surface area contributed by atoms with Crippen LogP contribution in [0.1, 0.15) is 0 Å². The summed E-state index contributed by atoms with van der Waals surface area (Å²) in [6.45, 7) is 1.29. The Morgan fingerprint density at radius 1 is 1.58 bits per heavy atom. The van der Waals surface area contributed by atoms with Crippen molar-refractivity contribution in [3.05, 3.63) is 24.1 Å². The summed E-state index contributed by atoms with van der Waals surface area (Å²) in [7, 11) is 1.83. The molecule has 0 atom stereocenters. The number of halogens is 1. The van der Waals surface area contributed by atoms with Crippen molar-refractivity contribution in [2.45, 2.75) is 0 Å². The third kappa shape index (κ3) is 2.84. The number of hydrogen-bond acceptors (Lipinski definition) is 3. The van der Waals surface area contributed by atoms with Crippen LogP contribution in [0.3, 0.4) is 0 Å². The van der Waals surface area contributed by atoms with E-state index in [0.717, 1.165) is 12.7 Å². The Balaban J connectivity index is 2.37. The van der Waals surface area contributed by atoms with Crippen LogP contribution in [0.5, 0.6) is 5.88 Å². The van der Waals surface area contributed by atoms with E-state index in [4.69, 9.17) is 4.74 Å². The lowest BCUT2D eigenvalue weighted by molar-refractivity contribution is 0.305. The molecule has 1 rings (SSSR count). The van der Waals surface area contributed by atoms with Gasteiger partial charge in [-0.15, -0.1) is 0 Å². The minimum atomic E-state index is -0.351. The minimum absolute atomic E-state index is 0.351. The van der Waals surface area contributed by atoms with Crippen molar-refractivity contribution in [2.75, 3.05) is 20.2 Å². The smallest absolute Gasteiger partial charge is 0.213 e. The predicted molar refractivity (Wildman–Crippen MR) is 43.6 cm³/mol. The molecular weight excluding hydrogens is 159 g/mol. The van der Waals surface area contributed by atoms with Crippen molar-refractivity contribution >= 4 is 0 Å². The van der Waals surface area contributed by atoms with E-state index in [-0.39, 0.29) is 5.82 Å². The summed E-state index contributed by atoms with van der Waals surface area (Å²) in [5, 5.41) is 2.92.